The monoisotopic (exact) mass is 790 g/mol. The first-order valence-electron chi connectivity index (χ1n) is 19.2. The summed E-state index contributed by atoms with van der Waals surface area (Å²) >= 11 is 0. The van der Waals surface area contributed by atoms with Crippen molar-refractivity contribution in [3.8, 4) is 0 Å². The maximum Gasteiger partial charge on any atom is 0.408 e. The zero-order chi connectivity index (χ0) is 41.8. The van der Waals surface area contributed by atoms with E-state index in [0.717, 1.165) is 4.90 Å². The molecule has 0 spiro atoms. The Morgan fingerprint density at radius 2 is 1.18 bits per heavy atom. The molecule has 1 fully saturated rings. The number of benzene rings is 1. The maximum absolute atomic E-state index is 14.1. The molecular weight excluding hydrogens is 728 g/mol. The number of aliphatic hydroxyl groups is 1. The lowest BCUT2D eigenvalue weighted by atomic mass is 9.99. The van der Waals surface area contributed by atoms with E-state index < -0.39 is 90.4 Å². The number of hydrogen-bond acceptors (Lipinski definition) is 11. The van der Waals surface area contributed by atoms with Crippen molar-refractivity contribution in [2.75, 3.05) is 32.7 Å². The van der Waals surface area contributed by atoms with Gasteiger partial charge in [-0.2, -0.15) is 0 Å². The fraction of sp³-hybridized carbons (Fsp3) is 0.649. The van der Waals surface area contributed by atoms with E-state index in [2.05, 4.69) is 31.9 Å². The van der Waals surface area contributed by atoms with E-state index in [4.69, 9.17) is 17.2 Å². The second kappa shape index (κ2) is 24.6. The van der Waals surface area contributed by atoms with E-state index in [0.29, 0.717) is 18.4 Å². The second-order valence-electron chi connectivity index (χ2n) is 14.4. The normalized spacial score (nSPS) is 24.5. The molecule has 1 aromatic rings. The molecule has 0 unspecified atom stereocenters. The molecule has 0 aromatic heterocycles. The number of carbonyl (C=O) groups excluding carboxylic acids is 6. The molecule has 1 aliphatic rings. The molecule has 7 atom stereocenters. The van der Waals surface area contributed by atoms with Crippen molar-refractivity contribution in [1.82, 2.24) is 36.8 Å². The van der Waals surface area contributed by atoms with E-state index in [1.165, 1.54) is 6.92 Å². The van der Waals surface area contributed by atoms with Crippen LogP contribution in [0.1, 0.15) is 71.3 Å². The Labute approximate surface area is 328 Å². The van der Waals surface area contributed by atoms with Crippen molar-refractivity contribution in [3.05, 3.63) is 35.9 Å². The summed E-state index contributed by atoms with van der Waals surface area (Å²) in [6, 6.07) is 1.02. The second-order valence-corrected chi connectivity index (χ2v) is 14.4. The van der Waals surface area contributed by atoms with Crippen molar-refractivity contribution in [1.29, 1.82) is 0 Å². The number of carboxylic acid groups (broad SMARTS) is 1. The Morgan fingerprint density at radius 3 is 1.70 bits per heavy atom. The van der Waals surface area contributed by atoms with Crippen LogP contribution in [-0.2, 0) is 35.2 Å². The van der Waals surface area contributed by atoms with Gasteiger partial charge in [-0.3, -0.25) is 33.7 Å². The van der Waals surface area contributed by atoms with E-state index in [-0.39, 0.29) is 70.6 Å². The predicted molar refractivity (Wildman–Crippen MR) is 207 cm³/mol. The molecular formula is C37H62N10O9. The van der Waals surface area contributed by atoms with Gasteiger partial charge in [0.25, 0.3) is 0 Å². The van der Waals surface area contributed by atoms with Gasteiger partial charge in [-0.25, -0.2) is 4.79 Å². The number of amides is 7. The third kappa shape index (κ3) is 15.7. The smallest absolute Gasteiger partial charge is 0.408 e. The number of rotatable bonds is 14. The Balaban J connectivity index is 2.69. The minimum Gasteiger partial charge on any atom is -0.465 e. The predicted octanol–water partition coefficient (Wildman–Crippen LogP) is -2.22. The van der Waals surface area contributed by atoms with Gasteiger partial charge in [0.15, 0.2) is 0 Å². The summed E-state index contributed by atoms with van der Waals surface area (Å²) in [5, 5.41) is 36.5. The lowest BCUT2D eigenvalue weighted by Gasteiger charge is -2.31. The van der Waals surface area contributed by atoms with Crippen LogP contribution < -0.4 is 49.1 Å². The molecule has 0 saturated carbocycles. The van der Waals surface area contributed by atoms with Gasteiger partial charge in [0.2, 0.25) is 35.4 Å². The maximum atomic E-state index is 14.1. The van der Waals surface area contributed by atoms with Crippen LogP contribution in [0.25, 0.3) is 0 Å². The van der Waals surface area contributed by atoms with Gasteiger partial charge in [0.1, 0.15) is 36.3 Å². The largest absolute Gasteiger partial charge is 0.465 e. The highest BCUT2D eigenvalue weighted by Crippen LogP contribution is 2.13. The average molecular weight is 791 g/mol. The van der Waals surface area contributed by atoms with Crippen LogP contribution in [-0.4, -0.2) is 132 Å². The molecule has 1 saturated heterocycles. The molecule has 19 nitrogen and oxygen atoms in total. The molecule has 14 N–H and O–H groups in total. The number of aliphatic hydroxyl groups excluding tert-OH is 1. The minimum atomic E-state index is -1.52. The minimum absolute atomic E-state index is 0.0192. The molecule has 1 aromatic carbocycles. The van der Waals surface area contributed by atoms with Crippen molar-refractivity contribution in [3.63, 3.8) is 0 Å². The van der Waals surface area contributed by atoms with Gasteiger partial charge < -0.3 is 59.3 Å². The quantitative estimate of drug-likeness (QED) is 0.0955. The van der Waals surface area contributed by atoms with Gasteiger partial charge in [-0.15, -0.1) is 0 Å². The van der Waals surface area contributed by atoms with Crippen molar-refractivity contribution in [2.45, 2.75) is 114 Å². The zero-order valence-corrected chi connectivity index (χ0v) is 32.6. The van der Waals surface area contributed by atoms with Gasteiger partial charge in [-0.05, 0) is 83.0 Å². The first kappa shape index (κ1) is 47.3. The van der Waals surface area contributed by atoms with Crippen LogP contribution in [0.4, 0.5) is 4.79 Å². The molecule has 1 aliphatic heterocycles. The van der Waals surface area contributed by atoms with Crippen molar-refractivity contribution in [2.24, 2.45) is 23.1 Å². The first-order chi connectivity index (χ1) is 26.6. The van der Waals surface area contributed by atoms with Gasteiger partial charge in [0.05, 0.1) is 6.10 Å². The molecule has 1 heterocycles. The third-order valence-corrected chi connectivity index (χ3v) is 9.24. The SMILES string of the molecule is CC(C)C[C@@H]1NC(=O)[C@@H](Cc2ccccc2)NC(=O)[C@H](CCCN)N(C(=O)O)CCNC(=O)[C@H]([C@@H](C)O)NC(=O)[C@H](CCCN)NC(=O)[C@H](CCCN)NC1=O. The number of nitrogens with zero attached hydrogens (tertiary/aromatic N) is 1. The number of hydrogen-bond donors (Lipinski definition) is 11. The molecule has 0 aliphatic carbocycles. The highest BCUT2D eigenvalue weighted by atomic mass is 16.4. The molecule has 2 rings (SSSR count). The summed E-state index contributed by atoms with van der Waals surface area (Å²) in [6.45, 7) is 4.69. The molecule has 314 valence electrons. The van der Waals surface area contributed by atoms with Gasteiger partial charge >= 0.3 is 6.09 Å². The van der Waals surface area contributed by atoms with Crippen LogP contribution in [0.3, 0.4) is 0 Å². The fourth-order valence-corrected chi connectivity index (χ4v) is 6.22. The van der Waals surface area contributed by atoms with E-state index in [9.17, 15) is 43.8 Å². The Hall–Kier alpha value is -4.85. The number of nitrogens with one attached hydrogen (secondary N) is 6. The van der Waals surface area contributed by atoms with Crippen LogP contribution in [0.5, 0.6) is 0 Å². The highest BCUT2D eigenvalue weighted by molar-refractivity contribution is 5.97. The lowest BCUT2D eigenvalue weighted by molar-refractivity contribution is -0.136. The topological polar surface area (TPSA) is 313 Å². The van der Waals surface area contributed by atoms with E-state index >= 15 is 0 Å². The molecule has 7 amide bonds. The summed E-state index contributed by atoms with van der Waals surface area (Å²) in [7, 11) is 0. The molecule has 56 heavy (non-hydrogen) atoms. The molecule has 0 bridgehead atoms. The summed E-state index contributed by atoms with van der Waals surface area (Å²) in [5.74, 6) is -4.77. The van der Waals surface area contributed by atoms with Crippen LogP contribution >= 0.6 is 0 Å². The summed E-state index contributed by atoms with van der Waals surface area (Å²) in [6.07, 6.45) is -1.85. The Bertz CT molecular complexity index is 1450. The number of nitrogens with two attached hydrogens (primary N) is 3. The molecule has 0 radical (unpaired) electrons. The van der Waals surface area contributed by atoms with Crippen molar-refractivity contribution >= 4 is 41.5 Å². The zero-order valence-electron chi connectivity index (χ0n) is 32.6. The summed E-state index contributed by atoms with van der Waals surface area (Å²) in [4.78, 5) is 96.1. The summed E-state index contributed by atoms with van der Waals surface area (Å²) < 4.78 is 0. The third-order valence-electron chi connectivity index (χ3n) is 9.24. The first-order valence-corrected chi connectivity index (χ1v) is 19.2. The van der Waals surface area contributed by atoms with Gasteiger partial charge in [0, 0.05) is 19.5 Å². The Morgan fingerprint density at radius 1 is 0.696 bits per heavy atom. The van der Waals surface area contributed by atoms with Crippen LogP contribution in [0, 0.1) is 5.92 Å². The van der Waals surface area contributed by atoms with Crippen LogP contribution in [0.2, 0.25) is 0 Å². The van der Waals surface area contributed by atoms with E-state index in [1.807, 2.05) is 13.8 Å². The molecule has 19 heteroatoms. The van der Waals surface area contributed by atoms with Crippen LogP contribution in [0.15, 0.2) is 30.3 Å². The van der Waals surface area contributed by atoms with E-state index in [1.54, 1.807) is 30.3 Å². The van der Waals surface area contributed by atoms with Crippen molar-refractivity contribution < 1.29 is 43.8 Å². The summed E-state index contributed by atoms with van der Waals surface area (Å²) in [5.41, 5.74) is 17.9. The Kier molecular flexibility index (Phi) is 20.8. The standard InChI is InChI=1S/C37H62N10O9/c1-22(2)20-27-33(51)43-25(12-7-15-38)31(49)42-26(13-8-16-39)32(50)46-30(23(3)48)36(54)41-18-19-47(37(55)56)29(14-9-17-40)35(53)45-28(34(52)44-27)21-24-10-5-4-6-11-24/h4-6,10-11,22-23,25-30,48H,7-9,12-21,38-40H2,1-3H3,(H,41,54)(H,42,49)(H,43,51)(H,44,52)(H,45,53)(H,46,50)(H,55,56)/t23-,25+,26+,27+,28-,29+,30+/m1/s1. The fourth-order valence-electron chi connectivity index (χ4n) is 6.22. The number of carbonyl (C=O) groups is 7. The highest BCUT2D eigenvalue weighted by Gasteiger charge is 2.36. The lowest BCUT2D eigenvalue weighted by Crippen LogP contribution is -2.60. The average Bonchev–Trinajstić information content (AvgIpc) is 3.15. The van der Waals surface area contributed by atoms with Gasteiger partial charge in [-0.1, -0.05) is 44.2 Å².